The first-order chi connectivity index (χ1) is 8.76. The van der Waals surface area contributed by atoms with E-state index in [1.165, 1.54) is 30.6 Å². The molecule has 3 rings (SSSR count). The summed E-state index contributed by atoms with van der Waals surface area (Å²) in [5.74, 6) is 0.623. The molecule has 2 saturated carbocycles. The van der Waals surface area contributed by atoms with E-state index in [0.29, 0.717) is 16.7 Å². The Labute approximate surface area is 112 Å². The van der Waals surface area contributed by atoms with E-state index in [1.54, 1.807) is 0 Å². The third kappa shape index (κ3) is 3.19. The second kappa shape index (κ2) is 4.84. The molecular weight excluding hydrogens is 242 g/mol. The summed E-state index contributed by atoms with van der Waals surface area (Å²) < 4.78 is 0.303. The second-order valence-corrected chi connectivity index (χ2v) is 6.76. The molecule has 4 heteroatoms. The molecule has 0 spiro atoms. The van der Waals surface area contributed by atoms with Gasteiger partial charge in [0.2, 0.25) is 0 Å². The Morgan fingerprint density at radius 2 is 2.06 bits per heavy atom. The highest BCUT2D eigenvalue weighted by Gasteiger charge is 2.43. The minimum absolute atomic E-state index is 0.303. The van der Waals surface area contributed by atoms with Crippen LogP contribution in [0.1, 0.15) is 25.7 Å². The van der Waals surface area contributed by atoms with E-state index in [4.69, 9.17) is 5.73 Å². The number of guanidine groups is 1. The fourth-order valence-electron chi connectivity index (χ4n) is 1.88. The maximum atomic E-state index is 5.87. The molecule has 1 aromatic rings. The lowest BCUT2D eigenvalue weighted by atomic mass is 10.4. The van der Waals surface area contributed by atoms with Gasteiger partial charge in [-0.05, 0) is 37.8 Å². The maximum Gasteiger partial charge on any atom is 0.188 e. The van der Waals surface area contributed by atoms with Crippen molar-refractivity contribution in [1.82, 2.24) is 5.32 Å². The predicted octanol–water partition coefficient (Wildman–Crippen LogP) is 2.38. The molecular formula is C14H19N3S. The molecule has 2 fully saturated rings. The number of nitrogens with two attached hydrogens (primary N) is 1. The molecule has 18 heavy (non-hydrogen) atoms. The zero-order valence-electron chi connectivity index (χ0n) is 10.4. The van der Waals surface area contributed by atoms with Crippen LogP contribution < -0.4 is 11.1 Å². The fraction of sp³-hybridized carbons (Fsp3) is 0.500. The lowest BCUT2D eigenvalue weighted by Crippen LogP contribution is -2.34. The second-order valence-electron chi connectivity index (χ2n) is 5.22. The van der Waals surface area contributed by atoms with Crippen LogP contribution in [0, 0.1) is 0 Å². The van der Waals surface area contributed by atoms with Crippen molar-refractivity contribution in [3.63, 3.8) is 0 Å². The normalized spacial score (nSPS) is 21.7. The number of aliphatic imine (C=N–C) groups is 1. The molecule has 0 saturated heterocycles. The van der Waals surface area contributed by atoms with Crippen molar-refractivity contribution in [1.29, 1.82) is 0 Å². The largest absolute Gasteiger partial charge is 0.370 e. The molecule has 0 aliphatic heterocycles. The van der Waals surface area contributed by atoms with Gasteiger partial charge in [-0.15, -0.1) is 11.8 Å². The predicted molar refractivity (Wildman–Crippen MR) is 76.9 cm³/mol. The van der Waals surface area contributed by atoms with Crippen molar-refractivity contribution in [3.05, 3.63) is 30.3 Å². The molecule has 2 aliphatic carbocycles. The number of nitrogens with one attached hydrogen (secondary N) is 1. The minimum atomic E-state index is 0.303. The van der Waals surface area contributed by atoms with Gasteiger partial charge in [0.15, 0.2) is 5.96 Å². The molecule has 0 radical (unpaired) electrons. The van der Waals surface area contributed by atoms with Gasteiger partial charge < -0.3 is 11.1 Å². The highest BCUT2D eigenvalue weighted by molar-refractivity contribution is 8.01. The number of thioether (sulfide) groups is 1. The zero-order chi connectivity index (χ0) is 12.4. The van der Waals surface area contributed by atoms with Crippen molar-refractivity contribution in [3.8, 4) is 0 Å². The average molecular weight is 261 g/mol. The van der Waals surface area contributed by atoms with Crippen LogP contribution in [-0.2, 0) is 0 Å². The number of nitrogens with zero attached hydrogens (tertiary/aromatic N) is 1. The van der Waals surface area contributed by atoms with Crippen LogP contribution in [-0.4, -0.2) is 23.3 Å². The Balaban J connectivity index is 1.55. The van der Waals surface area contributed by atoms with Crippen LogP contribution in [0.5, 0.6) is 0 Å². The van der Waals surface area contributed by atoms with E-state index >= 15 is 0 Å². The van der Waals surface area contributed by atoms with E-state index < -0.39 is 0 Å². The summed E-state index contributed by atoms with van der Waals surface area (Å²) in [5, 5.41) is 3.24. The minimum Gasteiger partial charge on any atom is -0.370 e. The van der Waals surface area contributed by atoms with Crippen LogP contribution in [0.3, 0.4) is 0 Å². The van der Waals surface area contributed by atoms with Crippen LogP contribution in [0.15, 0.2) is 40.2 Å². The lowest BCUT2D eigenvalue weighted by Gasteiger charge is -2.12. The van der Waals surface area contributed by atoms with Gasteiger partial charge in [0.1, 0.15) is 0 Å². The smallest absolute Gasteiger partial charge is 0.188 e. The Hall–Kier alpha value is -1.16. The summed E-state index contributed by atoms with van der Waals surface area (Å²) in [6.45, 7) is 0.831. The SMILES string of the molecule is NC(=NCC1(Sc2ccccc2)CC1)NC1CC1. The van der Waals surface area contributed by atoms with Crippen molar-refractivity contribution >= 4 is 17.7 Å². The van der Waals surface area contributed by atoms with Crippen LogP contribution in [0.2, 0.25) is 0 Å². The van der Waals surface area contributed by atoms with Gasteiger partial charge in [-0.2, -0.15) is 0 Å². The first-order valence-electron chi connectivity index (χ1n) is 6.56. The van der Waals surface area contributed by atoms with Crippen molar-refractivity contribution in [2.75, 3.05) is 6.54 Å². The van der Waals surface area contributed by atoms with E-state index in [0.717, 1.165) is 6.54 Å². The van der Waals surface area contributed by atoms with Crippen LogP contribution in [0.4, 0.5) is 0 Å². The highest BCUT2D eigenvalue weighted by atomic mass is 32.2. The number of hydrogen-bond acceptors (Lipinski definition) is 2. The van der Waals surface area contributed by atoms with Crippen molar-refractivity contribution in [2.45, 2.75) is 41.4 Å². The van der Waals surface area contributed by atoms with E-state index in [1.807, 2.05) is 11.8 Å². The first kappa shape index (κ1) is 11.9. The highest BCUT2D eigenvalue weighted by Crippen LogP contribution is 2.51. The monoisotopic (exact) mass is 261 g/mol. The van der Waals surface area contributed by atoms with Crippen molar-refractivity contribution < 1.29 is 0 Å². The molecule has 0 amide bonds. The molecule has 0 unspecified atom stereocenters. The third-order valence-corrected chi connectivity index (χ3v) is 4.83. The molecule has 96 valence electrons. The molecule has 1 aromatic carbocycles. The standard InChI is InChI=1S/C14H19N3S/c15-13(17-11-6-7-11)16-10-14(8-9-14)18-12-4-2-1-3-5-12/h1-5,11H,6-10H2,(H3,15,16,17). The van der Waals surface area contributed by atoms with Crippen LogP contribution >= 0.6 is 11.8 Å². The first-order valence-corrected chi connectivity index (χ1v) is 7.38. The summed E-state index contributed by atoms with van der Waals surface area (Å²) in [6, 6.07) is 11.2. The van der Waals surface area contributed by atoms with Crippen LogP contribution in [0.25, 0.3) is 0 Å². The Morgan fingerprint density at radius 3 is 2.67 bits per heavy atom. The van der Waals surface area contributed by atoms with E-state index in [-0.39, 0.29) is 0 Å². The number of hydrogen-bond donors (Lipinski definition) is 2. The van der Waals surface area contributed by atoms with Gasteiger partial charge in [0.05, 0.1) is 6.54 Å². The maximum absolute atomic E-state index is 5.87. The van der Waals surface area contributed by atoms with E-state index in [9.17, 15) is 0 Å². The van der Waals surface area contributed by atoms with E-state index in [2.05, 4.69) is 40.6 Å². The van der Waals surface area contributed by atoms with Gasteiger partial charge in [-0.3, -0.25) is 4.99 Å². The lowest BCUT2D eigenvalue weighted by molar-refractivity contribution is 0.849. The zero-order valence-corrected chi connectivity index (χ0v) is 11.2. The van der Waals surface area contributed by atoms with Gasteiger partial charge in [-0.1, -0.05) is 18.2 Å². The molecule has 0 aromatic heterocycles. The third-order valence-electron chi connectivity index (χ3n) is 3.35. The molecule has 2 aliphatic rings. The number of benzene rings is 1. The Bertz CT molecular complexity index is 436. The fourth-order valence-corrected chi connectivity index (χ4v) is 3.11. The van der Waals surface area contributed by atoms with Gasteiger partial charge in [-0.25, -0.2) is 0 Å². The van der Waals surface area contributed by atoms with Crippen molar-refractivity contribution in [2.24, 2.45) is 10.7 Å². The Kier molecular flexibility index (Phi) is 3.20. The molecule has 0 atom stereocenters. The summed E-state index contributed by atoms with van der Waals surface area (Å²) in [4.78, 5) is 5.83. The quantitative estimate of drug-likeness (QED) is 0.632. The molecule has 3 nitrogen and oxygen atoms in total. The summed E-state index contributed by atoms with van der Waals surface area (Å²) in [6.07, 6.45) is 4.96. The summed E-state index contributed by atoms with van der Waals surface area (Å²) in [7, 11) is 0. The molecule has 0 bridgehead atoms. The van der Waals surface area contributed by atoms with Gasteiger partial charge in [0.25, 0.3) is 0 Å². The van der Waals surface area contributed by atoms with Gasteiger partial charge >= 0.3 is 0 Å². The summed E-state index contributed by atoms with van der Waals surface area (Å²) >= 11 is 1.94. The summed E-state index contributed by atoms with van der Waals surface area (Å²) in [5.41, 5.74) is 5.87. The molecule has 0 heterocycles. The van der Waals surface area contributed by atoms with Gasteiger partial charge in [0, 0.05) is 15.7 Å². The topological polar surface area (TPSA) is 50.4 Å². The Morgan fingerprint density at radius 1 is 1.33 bits per heavy atom. The molecule has 3 N–H and O–H groups in total. The number of rotatable bonds is 5. The average Bonchev–Trinajstić information content (AvgIpc) is 3.27.